The number of hydrogen-bond donors (Lipinski definition) is 1. The third kappa shape index (κ3) is 5.02. The van der Waals surface area contributed by atoms with Crippen LogP contribution >= 0.6 is 0 Å². The van der Waals surface area contributed by atoms with E-state index in [9.17, 15) is 22.4 Å². The first-order valence-corrected chi connectivity index (χ1v) is 9.06. The molecule has 2 rings (SSSR count). The summed E-state index contributed by atoms with van der Waals surface area (Å²) < 4.78 is 35.6. The van der Waals surface area contributed by atoms with Crippen LogP contribution in [-0.4, -0.2) is 56.3 Å². The van der Waals surface area contributed by atoms with Gasteiger partial charge in [-0.2, -0.15) is 0 Å². The number of rotatable bonds is 5. The fourth-order valence-electron chi connectivity index (χ4n) is 2.43. The Bertz CT molecular complexity index is 688. The predicted molar refractivity (Wildman–Crippen MR) is 82.9 cm³/mol. The van der Waals surface area contributed by atoms with Gasteiger partial charge in [-0.25, -0.2) is 12.8 Å². The Morgan fingerprint density at radius 1 is 1.30 bits per heavy atom. The SMILES string of the molecule is CN(C(=O)CNC(=O)Cc1ccc(F)cc1)C1CCS(=O)(=O)C1. The van der Waals surface area contributed by atoms with E-state index < -0.39 is 9.84 Å². The first kappa shape index (κ1) is 17.4. The van der Waals surface area contributed by atoms with Gasteiger partial charge in [-0.15, -0.1) is 0 Å². The number of sulfone groups is 1. The third-order valence-electron chi connectivity index (χ3n) is 3.86. The van der Waals surface area contributed by atoms with Crippen LogP contribution in [0.25, 0.3) is 0 Å². The number of carbonyl (C=O) groups is 2. The van der Waals surface area contributed by atoms with Crippen LogP contribution < -0.4 is 5.32 Å². The van der Waals surface area contributed by atoms with Gasteiger partial charge >= 0.3 is 0 Å². The van der Waals surface area contributed by atoms with E-state index in [1.165, 1.54) is 29.2 Å². The van der Waals surface area contributed by atoms with E-state index in [2.05, 4.69) is 5.32 Å². The number of amides is 2. The lowest BCUT2D eigenvalue weighted by molar-refractivity contribution is -0.133. The molecule has 1 aromatic carbocycles. The number of benzene rings is 1. The molecule has 0 saturated carbocycles. The predicted octanol–water partition coefficient (Wildman–Crippen LogP) is 0.130. The van der Waals surface area contributed by atoms with Gasteiger partial charge in [0.15, 0.2) is 9.84 Å². The number of halogens is 1. The summed E-state index contributed by atoms with van der Waals surface area (Å²) in [6.45, 7) is -0.187. The zero-order valence-electron chi connectivity index (χ0n) is 12.8. The molecule has 0 spiro atoms. The number of hydrogen-bond acceptors (Lipinski definition) is 4. The van der Waals surface area contributed by atoms with E-state index in [1.807, 2.05) is 0 Å². The summed E-state index contributed by atoms with van der Waals surface area (Å²) in [5.74, 6) is -1.00. The average molecular weight is 342 g/mol. The second-order valence-corrected chi connectivity index (χ2v) is 7.87. The van der Waals surface area contributed by atoms with Gasteiger partial charge in [-0.05, 0) is 24.1 Å². The number of carbonyl (C=O) groups excluding carboxylic acids is 2. The highest BCUT2D eigenvalue weighted by atomic mass is 32.2. The fraction of sp³-hybridized carbons (Fsp3) is 0.467. The van der Waals surface area contributed by atoms with Gasteiger partial charge in [0.05, 0.1) is 24.5 Å². The molecule has 1 aliphatic rings. The Kier molecular flexibility index (Phi) is 5.35. The Balaban J connectivity index is 1.79. The van der Waals surface area contributed by atoms with E-state index in [0.29, 0.717) is 12.0 Å². The summed E-state index contributed by atoms with van der Waals surface area (Å²) in [4.78, 5) is 25.2. The van der Waals surface area contributed by atoms with Crippen molar-refractivity contribution in [3.8, 4) is 0 Å². The van der Waals surface area contributed by atoms with Crippen molar-refractivity contribution in [3.63, 3.8) is 0 Å². The maximum absolute atomic E-state index is 12.8. The molecular weight excluding hydrogens is 323 g/mol. The van der Waals surface area contributed by atoms with Crippen LogP contribution in [-0.2, 0) is 25.8 Å². The molecule has 6 nitrogen and oxygen atoms in total. The summed E-state index contributed by atoms with van der Waals surface area (Å²) in [5.41, 5.74) is 0.645. The van der Waals surface area contributed by atoms with Gasteiger partial charge in [0.25, 0.3) is 0 Å². The lowest BCUT2D eigenvalue weighted by atomic mass is 10.1. The van der Waals surface area contributed by atoms with Gasteiger partial charge < -0.3 is 10.2 Å². The lowest BCUT2D eigenvalue weighted by Crippen LogP contribution is -2.44. The molecule has 0 radical (unpaired) electrons. The smallest absolute Gasteiger partial charge is 0.241 e. The molecule has 1 unspecified atom stereocenters. The van der Waals surface area contributed by atoms with Crippen molar-refractivity contribution in [3.05, 3.63) is 35.6 Å². The summed E-state index contributed by atoms with van der Waals surface area (Å²) in [5, 5.41) is 2.50. The van der Waals surface area contributed by atoms with E-state index in [4.69, 9.17) is 0 Å². The summed E-state index contributed by atoms with van der Waals surface area (Å²) in [7, 11) is -1.52. The number of nitrogens with one attached hydrogen (secondary N) is 1. The Labute approximate surface area is 134 Å². The first-order valence-electron chi connectivity index (χ1n) is 7.24. The first-order chi connectivity index (χ1) is 10.8. The van der Waals surface area contributed by atoms with E-state index >= 15 is 0 Å². The molecule has 0 aromatic heterocycles. The third-order valence-corrected chi connectivity index (χ3v) is 5.61. The van der Waals surface area contributed by atoms with Gasteiger partial charge in [0.2, 0.25) is 11.8 Å². The molecule has 2 amide bonds. The molecule has 8 heteroatoms. The standard InChI is InChI=1S/C15H19FN2O4S/c1-18(13-6-7-23(21,22)10-13)15(20)9-17-14(19)8-11-2-4-12(16)5-3-11/h2-5,13H,6-10H2,1H3,(H,17,19). The Morgan fingerprint density at radius 2 is 1.96 bits per heavy atom. The molecule has 126 valence electrons. The Morgan fingerprint density at radius 3 is 2.52 bits per heavy atom. The highest BCUT2D eigenvalue weighted by Crippen LogP contribution is 2.16. The minimum Gasteiger partial charge on any atom is -0.347 e. The van der Waals surface area contributed by atoms with Crippen molar-refractivity contribution in [2.75, 3.05) is 25.1 Å². The topological polar surface area (TPSA) is 83.6 Å². The van der Waals surface area contributed by atoms with Gasteiger partial charge in [-0.1, -0.05) is 12.1 Å². The maximum atomic E-state index is 12.8. The van der Waals surface area contributed by atoms with Crippen molar-refractivity contribution < 1.29 is 22.4 Å². The van der Waals surface area contributed by atoms with Crippen LogP contribution in [0.1, 0.15) is 12.0 Å². The second-order valence-electron chi connectivity index (χ2n) is 5.64. The molecule has 1 atom stereocenters. The molecule has 0 aliphatic carbocycles. The van der Waals surface area contributed by atoms with Gasteiger partial charge in [0, 0.05) is 13.1 Å². The van der Waals surface area contributed by atoms with Crippen molar-refractivity contribution in [2.45, 2.75) is 18.9 Å². The zero-order chi connectivity index (χ0) is 17.0. The molecular formula is C15H19FN2O4S. The van der Waals surface area contributed by atoms with Crippen LogP contribution in [0, 0.1) is 5.82 Å². The normalized spacial score (nSPS) is 19.3. The summed E-state index contributed by atoms with van der Waals surface area (Å²) in [6.07, 6.45) is 0.475. The van der Waals surface area contributed by atoms with E-state index in [-0.39, 0.29) is 48.1 Å². The maximum Gasteiger partial charge on any atom is 0.241 e. The zero-order valence-corrected chi connectivity index (χ0v) is 13.6. The van der Waals surface area contributed by atoms with E-state index in [1.54, 1.807) is 7.05 Å². The second kappa shape index (κ2) is 7.08. The molecule has 1 aliphatic heterocycles. The van der Waals surface area contributed by atoms with Crippen LogP contribution in [0.4, 0.5) is 4.39 Å². The van der Waals surface area contributed by atoms with Crippen molar-refractivity contribution in [2.24, 2.45) is 0 Å². The number of likely N-dealkylation sites (N-methyl/N-ethyl adjacent to an activating group) is 1. The van der Waals surface area contributed by atoms with Crippen LogP contribution in [0.3, 0.4) is 0 Å². The molecule has 1 fully saturated rings. The minimum atomic E-state index is -3.06. The van der Waals surface area contributed by atoms with Crippen molar-refractivity contribution in [1.82, 2.24) is 10.2 Å². The lowest BCUT2D eigenvalue weighted by Gasteiger charge is -2.23. The molecule has 1 N–H and O–H groups in total. The molecule has 0 bridgehead atoms. The molecule has 1 aromatic rings. The van der Waals surface area contributed by atoms with E-state index in [0.717, 1.165) is 0 Å². The number of nitrogens with zero attached hydrogens (tertiary/aromatic N) is 1. The van der Waals surface area contributed by atoms with Crippen LogP contribution in [0.15, 0.2) is 24.3 Å². The summed E-state index contributed by atoms with van der Waals surface area (Å²) in [6, 6.07) is 5.21. The van der Waals surface area contributed by atoms with Gasteiger partial charge in [0.1, 0.15) is 5.82 Å². The Hall–Kier alpha value is -1.96. The summed E-state index contributed by atoms with van der Waals surface area (Å²) >= 11 is 0. The average Bonchev–Trinajstić information content (AvgIpc) is 2.86. The monoisotopic (exact) mass is 342 g/mol. The minimum absolute atomic E-state index is 0.0290. The van der Waals surface area contributed by atoms with Gasteiger partial charge in [-0.3, -0.25) is 9.59 Å². The highest BCUT2D eigenvalue weighted by Gasteiger charge is 2.32. The fourth-order valence-corrected chi connectivity index (χ4v) is 4.21. The molecule has 1 heterocycles. The highest BCUT2D eigenvalue weighted by molar-refractivity contribution is 7.91. The van der Waals surface area contributed by atoms with Crippen LogP contribution in [0.5, 0.6) is 0 Å². The van der Waals surface area contributed by atoms with Crippen LogP contribution in [0.2, 0.25) is 0 Å². The molecule has 23 heavy (non-hydrogen) atoms. The largest absolute Gasteiger partial charge is 0.347 e. The molecule has 1 saturated heterocycles. The quantitative estimate of drug-likeness (QED) is 0.824. The van der Waals surface area contributed by atoms with Crippen molar-refractivity contribution in [1.29, 1.82) is 0 Å². The van der Waals surface area contributed by atoms with Crippen molar-refractivity contribution >= 4 is 21.7 Å².